The highest BCUT2D eigenvalue weighted by Crippen LogP contribution is 2.42. The molecule has 1 aliphatic heterocycles. The van der Waals surface area contributed by atoms with E-state index in [-0.39, 0.29) is 13.0 Å². The first-order valence-corrected chi connectivity index (χ1v) is 12.4. The molecule has 0 aliphatic carbocycles. The molecule has 0 radical (unpaired) electrons. The van der Waals surface area contributed by atoms with Crippen LogP contribution in [0.25, 0.3) is 0 Å². The van der Waals surface area contributed by atoms with Crippen molar-refractivity contribution in [2.24, 2.45) is 0 Å². The molecule has 196 valence electrons. The number of ether oxygens (including phenoxy) is 3. The summed E-state index contributed by atoms with van der Waals surface area (Å²) in [4.78, 5) is 26.4. The molecule has 0 bridgehead atoms. The first kappa shape index (κ1) is 25.6. The summed E-state index contributed by atoms with van der Waals surface area (Å²) in [7, 11) is 1.61. The molecule has 38 heavy (non-hydrogen) atoms. The molecule has 8 heteroatoms. The second kappa shape index (κ2) is 10.8. The van der Waals surface area contributed by atoms with Crippen LogP contribution in [0.15, 0.2) is 101 Å². The predicted molar refractivity (Wildman–Crippen MR) is 141 cm³/mol. The summed E-state index contributed by atoms with van der Waals surface area (Å²) in [6.45, 7) is 1.50. The average molecular weight is 517 g/mol. The number of benzene rings is 3. The fourth-order valence-corrected chi connectivity index (χ4v) is 4.94. The van der Waals surface area contributed by atoms with Crippen LogP contribution in [0.5, 0.6) is 5.75 Å². The topological polar surface area (TPSA) is 82.6 Å². The maximum Gasteiger partial charge on any atom is 0.330 e. The Morgan fingerprint density at radius 2 is 1.53 bits per heavy atom. The van der Waals surface area contributed by atoms with Crippen molar-refractivity contribution in [2.45, 2.75) is 37.4 Å². The SMILES string of the molecule is COc1ccc(C(OC[C@H]2O[C@@H](n3cc(C)c(=O)[nH]c3=O)C[C@@H]2F)(c2ccccc2)c2ccccc2)cc1. The zero-order valence-electron chi connectivity index (χ0n) is 21.2. The summed E-state index contributed by atoms with van der Waals surface area (Å²) < 4.78 is 34.6. The van der Waals surface area contributed by atoms with Gasteiger partial charge in [0.1, 0.15) is 29.9 Å². The number of aromatic nitrogens is 2. The van der Waals surface area contributed by atoms with E-state index in [0.717, 1.165) is 16.7 Å². The molecule has 0 amide bonds. The standard InChI is InChI=1S/C30H29FN2O5/c1-20-18-33(29(35)32-28(20)34)27-17-25(31)26(38-27)19-37-30(21-9-5-3-6-10-21,22-11-7-4-8-12-22)23-13-15-24(36-2)16-14-23/h3-16,18,25-27H,17,19H2,1-2H3,(H,32,34,35)/t25-,26+,27+/m0/s1. The Balaban J connectivity index is 1.52. The van der Waals surface area contributed by atoms with E-state index in [1.54, 1.807) is 14.0 Å². The molecule has 0 saturated carbocycles. The summed E-state index contributed by atoms with van der Waals surface area (Å²) in [6, 6.07) is 27.1. The molecular weight excluding hydrogens is 487 g/mol. The van der Waals surface area contributed by atoms with E-state index < -0.39 is 35.4 Å². The zero-order valence-corrected chi connectivity index (χ0v) is 21.2. The first-order chi connectivity index (χ1) is 18.4. The van der Waals surface area contributed by atoms with Gasteiger partial charge in [-0.1, -0.05) is 72.8 Å². The second-order valence-corrected chi connectivity index (χ2v) is 9.31. The Kier molecular flexibility index (Phi) is 7.26. The van der Waals surface area contributed by atoms with Crippen molar-refractivity contribution in [2.75, 3.05) is 13.7 Å². The van der Waals surface area contributed by atoms with Crippen LogP contribution >= 0.6 is 0 Å². The number of hydrogen-bond acceptors (Lipinski definition) is 5. The minimum absolute atomic E-state index is 0.0361. The number of hydrogen-bond donors (Lipinski definition) is 1. The number of methoxy groups -OCH3 is 1. The highest BCUT2D eigenvalue weighted by Gasteiger charge is 2.42. The number of aromatic amines is 1. The quantitative estimate of drug-likeness (QED) is 0.349. The van der Waals surface area contributed by atoms with Crippen LogP contribution in [0.3, 0.4) is 0 Å². The zero-order chi connectivity index (χ0) is 26.7. The van der Waals surface area contributed by atoms with Crippen molar-refractivity contribution in [3.63, 3.8) is 0 Å². The van der Waals surface area contributed by atoms with Crippen molar-refractivity contribution < 1.29 is 18.6 Å². The Labute approximate surface area is 219 Å². The summed E-state index contributed by atoms with van der Waals surface area (Å²) in [5.41, 5.74) is 0.739. The van der Waals surface area contributed by atoms with E-state index in [0.29, 0.717) is 11.3 Å². The third-order valence-electron chi connectivity index (χ3n) is 6.94. The van der Waals surface area contributed by atoms with Gasteiger partial charge in [0.05, 0.1) is 13.7 Å². The lowest BCUT2D eigenvalue weighted by atomic mass is 9.80. The molecular formula is C30H29FN2O5. The van der Waals surface area contributed by atoms with Crippen LogP contribution in [0.4, 0.5) is 4.39 Å². The van der Waals surface area contributed by atoms with Crippen LogP contribution in [-0.4, -0.2) is 35.5 Å². The molecule has 3 aromatic carbocycles. The number of rotatable bonds is 8. The van der Waals surface area contributed by atoms with Crippen molar-refractivity contribution in [1.82, 2.24) is 9.55 Å². The van der Waals surface area contributed by atoms with Gasteiger partial charge in [0.15, 0.2) is 0 Å². The van der Waals surface area contributed by atoms with E-state index in [9.17, 15) is 9.59 Å². The van der Waals surface area contributed by atoms with Gasteiger partial charge in [-0.3, -0.25) is 14.3 Å². The van der Waals surface area contributed by atoms with Gasteiger partial charge in [0.25, 0.3) is 5.56 Å². The smallest absolute Gasteiger partial charge is 0.330 e. The molecule has 3 atom stereocenters. The molecule has 4 aromatic rings. The van der Waals surface area contributed by atoms with Crippen molar-refractivity contribution in [3.05, 3.63) is 134 Å². The average Bonchev–Trinajstić information content (AvgIpc) is 3.32. The van der Waals surface area contributed by atoms with E-state index in [1.807, 2.05) is 84.9 Å². The van der Waals surface area contributed by atoms with Gasteiger partial charge in [-0.25, -0.2) is 9.18 Å². The molecule has 1 saturated heterocycles. The monoisotopic (exact) mass is 516 g/mol. The maximum absolute atomic E-state index is 15.3. The Hall–Kier alpha value is -4.01. The van der Waals surface area contributed by atoms with Crippen molar-refractivity contribution in [3.8, 4) is 5.75 Å². The second-order valence-electron chi connectivity index (χ2n) is 9.31. The normalized spacial score (nSPS) is 19.4. The molecule has 1 aliphatic rings. The summed E-state index contributed by atoms with van der Waals surface area (Å²) in [5.74, 6) is 0.705. The molecule has 1 fully saturated rings. The third kappa shape index (κ3) is 4.80. The number of H-pyrrole nitrogens is 1. The van der Waals surface area contributed by atoms with Crippen LogP contribution < -0.4 is 16.0 Å². The molecule has 1 N–H and O–H groups in total. The molecule has 0 unspecified atom stereocenters. The van der Waals surface area contributed by atoms with Gasteiger partial charge < -0.3 is 14.2 Å². The van der Waals surface area contributed by atoms with Crippen LogP contribution in [0.2, 0.25) is 0 Å². The Bertz CT molecular complexity index is 1450. The van der Waals surface area contributed by atoms with Crippen LogP contribution in [0, 0.1) is 6.92 Å². The molecule has 7 nitrogen and oxygen atoms in total. The van der Waals surface area contributed by atoms with Gasteiger partial charge >= 0.3 is 5.69 Å². The highest BCUT2D eigenvalue weighted by atomic mass is 19.1. The summed E-state index contributed by atoms with van der Waals surface area (Å²) in [6.07, 6.45) is -1.79. The largest absolute Gasteiger partial charge is 0.497 e. The lowest BCUT2D eigenvalue weighted by Gasteiger charge is -2.37. The van der Waals surface area contributed by atoms with E-state index >= 15 is 4.39 Å². The van der Waals surface area contributed by atoms with Gasteiger partial charge in [-0.15, -0.1) is 0 Å². The fraction of sp³-hybridized carbons (Fsp3) is 0.267. The number of halogens is 1. The lowest BCUT2D eigenvalue weighted by Crippen LogP contribution is -2.37. The number of alkyl halides is 1. The van der Waals surface area contributed by atoms with E-state index in [4.69, 9.17) is 14.2 Å². The van der Waals surface area contributed by atoms with Gasteiger partial charge in [-0.2, -0.15) is 0 Å². The first-order valence-electron chi connectivity index (χ1n) is 12.4. The van der Waals surface area contributed by atoms with Crippen LogP contribution in [0.1, 0.15) is 34.9 Å². The van der Waals surface area contributed by atoms with Gasteiger partial charge in [-0.05, 0) is 35.7 Å². The van der Waals surface area contributed by atoms with Gasteiger partial charge in [0.2, 0.25) is 0 Å². The summed E-state index contributed by atoms with van der Waals surface area (Å²) in [5, 5.41) is 0. The third-order valence-corrected chi connectivity index (χ3v) is 6.94. The predicted octanol–water partition coefficient (Wildman–Crippen LogP) is 4.49. The minimum Gasteiger partial charge on any atom is -0.497 e. The summed E-state index contributed by atoms with van der Waals surface area (Å²) >= 11 is 0. The van der Waals surface area contributed by atoms with Crippen molar-refractivity contribution in [1.29, 1.82) is 0 Å². The minimum atomic E-state index is -1.38. The maximum atomic E-state index is 15.3. The Morgan fingerprint density at radius 1 is 0.947 bits per heavy atom. The number of aryl methyl sites for hydroxylation is 1. The Morgan fingerprint density at radius 3 is 2.11 bits per heavy atom. The van der Waals surface area contributed by atoms with E-state index in [1.165, 1.54) is 10.8 Å². The van der Waals surface area contributed by atoms with Crippen LogP contribution in [-0.2, 0) is 15.1 Å². The van der Waals surface area contributed by atoms with Gasteiger partial charge in [0, 0.05) is 18.2 Å². The number of nitrogens with one attached hydrogen (secondary N) is 1. The fourth-order valence-electron chi connectivity index (χ4n) is 4.94. The molecule has 1 aromatic heterocycles. The molecule has 0 spiro atoms. The number of nitrogens with zero attached hydrogens (tertiary/aromatic N) is 1. The lowest BCUT2D eigenvalue weighted by molar-refractivity contribution is -0.0868. The molecule has 5 rings (SSSR count). The molecule has 2 heterocycles. The highest BCUT2D eigenvalue weighted by molar-refractivity contribution is 5.48. The van der Waals surface area contributed by atoms with E-state index in [2.05, 4.69) is 4.98 Å². The van der Waals surface area contributed by atoms with Crippen molar-refractivity contribution >= 4 is 0 Å².